The van der Waals surface area contributed by atoms with Gasteiger partial charge in [-0.25, -0.2) is 13.1 Å². The van der Waals surface area contributed by atoms with E-state index in [9.17, 15) is 8.42 Å². The van der Waals surface area contributed by atoms with Gasteiger partial charge in [-0.05, 0) is 24.7 Å². The van der Waals surface area contributed by atoms with Crippen molar-refractivity contribution in [2.45, 2.75) is 5.75 Å². The molecule has 23 heavy (non-hydrogen) atoms. The first-order valence-electron chi connectivity index (χ1n) is 6.60. The summed E-state index contributed by atoms with van der Waals surface area (Å²) in [6.07, 6.45) is 0. The van der Waals surface area contributed by atoms with Crippen LogP contribution in [0.2, 0.25) is 0 Å². The number of rotatable bonds is 6. The maximum atomic E-state index is 11.5. The van der Waals surface area contributed by atoms with Crippen LogP contribution in [-0.4, -0.2) is 27.6 Å². The fraction of sp³-hybridized carbons (Fsp3) is 0.200. The minimum Gasteiger partial charge on any atom is -0.481 e. The minimum absolute atomic E-state index is 0.111. The average molecular weight is 333 g/mol. The molecule has 8 heteroatoms. The highest BCUT2D eigenvalue weighted by molar-refractivity contribution is 7.88. The summed E-state index contributed by atoms with van der Waals surface area (Å²) in [5.41, 5.74) is 0.992. The Kier molecular flexibility index (Phi) is 5.16. The second kappa shape index (κ2) is 7.09. The molecule has 0 bridgehead atoms. The maximum absolute atomic E-state index is 11.5. The van der Waals surface area contributed by atoms with E-state index >= 15 is 0 Å². The number of nitrogens with zero attached hydrogens (tertiary/aromatic N) is 2. The molecule has 1 aromatic carbocycles. The predicted octanol–water partition coefficient (Wildman–Crippen LogP) is 1.80. The summed E-state index contributed by atoms with van der Waals surface area (Å²) in [5.74, 6) is 0.854. The molecule has 0 aliphatic rings. The monoisotopic (exact) mass is 333 g/mol. The molecular formula is C15H15N3O4S. The van der Waals surface area contributed by atoms with Gasteiger partial charge in [0.05, 0.1) is 24.5 Å². The van der Waals surface area contributed by atoms with E-state index in [1.807, 2.05) is 6.07 Å². The van der Waals surface area contributed by atoms with Crippen molar-refractivity contribution in [2.24, 2.45) is 0 Å². The lowest BCUT2D eigenvalue weighted by molar-refractivity contribution is 0.383. The minimum atomic E-state index is -3.32. The van der Waals surface area contributed by atoms with Crippen molar-refractivity contribution in [1.82, 2.24) is 9.71 Å². The molecule has 2 aromatic rings. The normalized spacial score (nSPS) is 10.8. The second-order valence-corrected chi connectivity index (χ2v) is 6.48. The molecule has 0 atom stereocenters. The number of methoxy groups -OCH3 is 1. The molecule has 2 rings (SSSR count). The number of nitriles is 1. The largest absolute Gasteiger partial charge is 0.481 e. The summed E-state index contributed by atoms with van der Waals surface area (Å²) in [6, 6.07) is 11.5. The SMILES string of the molecule is CNS(=O)(=O)Cc1ccc(Oc2cc(C#N)cc(OC)n2)cc1. The number of ether oxygens (including phenoxy) is 2. The molecule has 0 radical (unpaired) electrons. The molecule has 7 nitrogen and oxygen atoms in total. The van der Waals surface area contributed by atoms with Crippen LogP contribution in [0.4, 0.5) is 0 Å². The van der Waals surface area contributed by atoms with Gasteiger partial charge < -0.3 is 9.47 Å². The zero-order valence-corrected chi connectivity index (χ0v) is 13.4. The molecule has 0 unspecified atom stereocenters. The van der Waals surface area contributed by atoms with Gasteiger partial charge in [0.1, 0.15) is 5.75 Å². The van der Waals surface area contributed by atoms with E-state index in [0.717, 1.165) is 0 Å². The Hall–Kier alpha value is -2.63. The summed E-state index contributed by atoms with van der Waals surface area (Å²) in [6.45, 7) is 0. The third-order valence-corrected chi connectivity index (χ3v) is 4.27. The fourth-order valence-corrected chi connectivity index (χ4v) is 2.54. The number of pyridine rings is 1. The van der Waals surface area contributed by atoms with Crippen LogP contribution in [0.15, 0.2) is 36.4 Å². The van der Waals surface area contributed by atoms with Crippen molar-refractivity contribution in [3.63, 3.8) is 0 Å². The highest BCUT2D eigenvalue weighted by Gasteiger charge is 2.09. The Bertz CT molecular complexity index is 827. The maximum Gasteiger partial charge on any atom is 0.223 e. The summed E-state index contributed by atoms with van der Waals surface area (Å²) in [4.78, 5) is 4.09. The predicted molar refractivity (Wildman–Crippen MR) is 83.7 cm³/mol. The van der Waals surface area contributed by atoms with Gasteiger partial charge in [0.2, 0.25) is 21.8 Å². The third-order valence-electron chi connectivity index (χ3n) is 2.93. The van der Waals surface area contributed by atoms with Crippen LogP contribution in [-0.2, 0) is 15.8 Å². The topological polar surface area (TPSA) is 101 Å². The van der Waals surface area contributed by atoms with Gasteiger partial charge >= 0.3 is 0 Å². The van der Waals surface area contributed by atoms with Crippen molar-refractivity contribution in [3.05, 3.63) is 47.5 Å². The van der Waals surface area contributed by atoms with Crippen LogP contribution in [0.3, 0.4) is 0 Å². The van der Waals surface area contributed by atoms with E-state index in [0.29, 0.717) is 16.9 Å². The Labute approximate surface area is 134 Å². The molecule has 0 amide bonds. The van der Waals surface area contributed by atoms with Crippen molar-refractivity contribution < 1.29 is 17.9 Å². The van der Waals surface area contributed by atoms with Crippen LogP contribution < -0.4 is 14.2 Å². The molecule has 1 heterocycles. The summed E-state index contributed by atoms with van der Waals surface area (Å²) >= 11 is 0. The van der Waals surface area contributed by atoms with Crippen LogP contribution >= 0.6 is 0 Å². The van der Waals surface area contributed by atoms with Gasteiger partial charge in [-0.3, -0.25) is 0 Å². The molecule has 120 valence electrons. The van der Waals surface area contributed by atoms with E-state index in [1.54, 1.807) is 24.3 Å². The lowest BCUT2D eigenvalue weighted by Gasteiger charge is -2.08. The van der Waals surface area contributed by atoms with E-state index in [-0.39, 0.29) is 17.5 Å². The van der Waals surface area contributed by atoms with E-state index in [2.05, 4.69) is 9.71 Å². The second-order valence-electron chi connectivity index (χ2n) is 4.56. The number of benzene rings is 1. The van der Waals surface area contributed by atoms with Gasteiger partial charge in [0.15, 0.2) is 0 Å². The number of hydrogen-bond acceptors (Lipinski definition) is 6. The first kappa shape index (κ1) is 16.7. The number of sulfonamides is 1. The highest BCUT2D eigenvalue weighted by Crippen LogP contribution is 2.24. The lowest BCUT2D eigenvalue weighted by Crippen LogP contribution is -2.20. The zero-order chi connectivity index (χ0) is 16.9. The molecule has 0 aliphatic heterocycles. The summed E-state index contributed by atoms with van der Waals surface area (Å²) < 4.78 is 35.8. The number of nitrogens with one attached hydrogen (secondary N) is 1. The first-order chi connectivity index (χ1) is 11.0. The van der Waals surface area contributed by atoms with Gasteiger partial charge in [-0.15, -0.1) is 0 Å². The average Bonchev–Trinajstić information content (AvgIpc) is 2.56. The van der Waals surface area contributed by atoms with Gasteiger partial charge in [0.25, 0.3) is 0 Å². The third kappa shape index (κ3) is 4.67. The molecule has 0 saturated carbocycles. The van der Waals surface area contributed by atoms with Crippen molar-refractivity contribution in [3.8, 4) is 23.6 Å². The van der Waals surface area contributed by atoms with E-state index < -0.39 is 10.0 Å². The quantitative estimate of drug-likeness (QED) is 0.865. The smallest absolute Gasteiger partial charge is 0.223 e. The standard InChI is InChI=1S/C15H15N3O4S/c1-17-23(19,20)10-11-3-5-13(6-4-11)22-15-8-12(9-16)7-14(18-15)21-2/h3-8,17H,10H2,1-2H3. The van der Waals surface area contributed by atoms with Crippen LogP contribution in [0.5, 0.6) is 17.5 Å². The van der Waals surface area contributed by atoms with E-state index in [4.69, 9.17) is 14.7 Å². The summed E-state index contributed by atoms with van der Waals surface area (Å²) in [5, 5.41) is 8.96. The Morgan fingerprint density at radius 3 is 2.43 bits per heavy atom. The van der Waals surface area contributed by atoms with Crippen LogP contribution in [0.1, 0.15) is 11.1 Å². The molecule has 0 aliphatic carbocycles. The van der Waals surface area contributed by atoms with Crippen molar-refractivity contribution in [2.75, 3.05) is 14.2 Å². The Morgan fingerprint density at radius 1 is 1.22 bits per heavy atom. The number of hydrogen-bond donors (Lipinski definition) is 1. The van der Waals surface area contributed by atoms with Crippen molar-refractivity contribution in [1.29, 1.82) is 5.26 Å². The van der Waals surface area contributed by atoms with E-state index in [1.165, 1.54) is 26.3 Å². The Morgan fingerprint density at radius 2 is 1.87 bits per heavy atom. The summed E-state index contributed by atoms with van der Waals surface area (Å²) in [7, 11) is -0.500. The Balaban J connectivity index is 2.17. The molecular weight excluding hydrogens is 318 g/mol. The molecule has 0 spiro atoms. The lowest BCUT2D eigenvalue weighted by atomic mass is 10.2. The zero-order valence-electron chi connectivity index (χ0n) is 12.6. The molecule has 1 N–H and O–H groups in total. The van der Waals surface area contributed by atoms with Crippen molar-refractivity contribution >= 4 is 10.0 Å². The fourth-order valence-electron chi connectivity index (χ4n) is 1.77. The first-order valence-corrected chi connectivity index (χ1v) is 8.25. The van der Waals surface area contributed by atoms with Gasteiger partial charge in [-0.2, -0.15) is 10.2 Å². The van der Waals surface area contributed by atoms with Gasteiger partial charge in [0, 0.05) is 12.1 Å². The molecule has 0 saturated heterocycles. The van der Waals surface area contributed by atoms with Gasteiger partial charge in [-0.1, -0.05) is 12.1 Å². The van der Waals surface area contributed by atoms with Crippen LogP contribution in [0.25, 0.3) is 0 Å². The highest BCUT2D eigenvalue weighted by atomic mass is 32.2. The molecule has 0 fully saturated rings. The van der Waals surface area contributed by atoms with Crippen LogP contribution in [0, 0.1) is 11.3 Å². The molecule has 1 aromatic heterocycles. The number of aromatic nitrogens is 1.